The molecule has 0 radical (unpaired) electrons. The predicted octanol–water partition coefficient (Wildman–Crippen LogP) is 3.26. The van der Waals surface area contributed by atoms with E-state index in [0.717, 1.165) is 0 Å². The molecule has 0 aromatic heterocycles. The maximum absolute atomic E-state index is 4.41. The fourth-order valence-corrected chi connectivity index (χ4v) is 0.782. The van der Waals surface area contributed by atoms with Crippen LogP contribution in [0.1, 0.15) is 41.5 Å². The molecule has 0 aliphatic heterocycles. The lowest BCUT2D eigenvalue weighted by Crippen LogP contribution is -2.33. The third-order valence-electron chi connectivity index (χ3n) is 1.47. The summed E-state index contributed by atoms with van der Waals surface area (Å²) in [6.07, 6.45) is 5.97. The van der Waals surface area contributed by atoms with Gasteiger partial charge in [0.25, 0.3) is 0 Å². The van der Waals surface area contributed by atoms with Gasteiger partial charge in [-0.05, 0) is 33.6 Å². The van der Waals surface area contributed by atoms with E-state index in [1.165, 1.54) is 0 Å². The number of nitrogens with zero attached hydrogens (tertiary/aromatic N) is 2. The smallest absolute Gasteiger partial charge is 0.0543 e. The Labute approximate surface area is 82.3 Å². The lowest BCUT2D eigenvalue weighted by Gasteiger charge is -2.29. The Morgan fingerprint density at radius 1 is 1.23 bits per heavy atom. The summed E-state index contributed by atoms with van der Waals surface area (Å²) in [7, 11) is 0. The fraction of sp³-hybridized carbons (Fsp3) is 0.727. The van der Waals surface area contributed by atoms with Crippen LogP contribution in [0.4, 0.5) is 0 Å². The van der Waals surface area contributed by atoms with Crippen LogP contribution < -0.4 is 0 Å². The molecule has 0 atom stereocenters. The Bertz CT molecular complexity index is 185. The molecule has 0 aromatic rings. The molecule has 2 heteroatoms. The van der Waals surface area contributed by atoms with Gasteiger partial charge in [-0.1, -0.05) is 19.9 Å². The summed E-state index contributed by atoms with van der Waals surface area (Å²) in [6.45, 7) is 12.7. The van der Waals surface area contributed by atoms with E-state index in [4.69, 9.17) is 0 Å². The van der Waals surface area contributed by atoms with Crippen LogP contribution in [0.3, 0.4) is 0 Å². The minimum atomic E-state index is 0.0535. The Balaban J connectivity index is 4.45. The molecule has 0 bridgehead atoms. The Hall–Kier alpha value is -0.790. The summed E-state index contributed by atoms with van der Waals surface area (Å²) >= 11 is 0. The molecule has 0 rings (SSSR count). The van der Waals surface area contributed by atoms with Gasteiger partial charge in [-0.15, -0.1) is 0 Å². The van der Waals surface area contributed by atoms with Crippen LogP contribution in [0.5, 0.6) is 0 Å². The van der Waals surface area contributed by atoms with Gasteiger partial charge in [-0.2, -0.15) is 5.10 Å². The Morgan fingerprint density at radius 3 is 2.08 bits per heavy atom. The molecule has 76 valence electrons. The van der Waals surface area contributed by atoms with Gasteiger partial charge in [0.2, 0.25) is 0 Å². The van der Waals surface area contributed by atoms with Crippen LogP contribution in [-0.4, -0.2) is 16.8 Å². The molecule has 2 nitrogen and oxygen atoms in total. The van der Waals surface area contributed by atoms with Crippen molar-refractivity contribution >= 4 is 6.21 Å². The second kappa shape index (κ2) is 5.05. The molecule has 0 saturated carbocycles. The van der Waals surface area contributed by atoms with Crippen LogP contribution in [-0.2, 0) is 0 Å². The topological polar surface area (TPSA) is 15.6 Å². The van der Waals surface area contributed by atoms with Crippen LogP contribution in [0, 0.1) is 5.92 Å². The second-order valence-corrected chi connectivity index (χ2v) is 4.51. The number of rotatable bonds is 3. The van der Waals surface area contributed by atoms with Crippen molar-refractivity contribution in [2.75, 3.05) is 0 Å². The first-order valence-electron chi connectivity index (χ1n) is 4.84. The quantitative estimate of drug-likeness (QED) is 0.483. The lowest BCUT2D eigenvalue weighted by molar-refractivity contribution is 0.214. The number of hydrogen-bond donors (Lipinski definition) is 0. The van der Waals surface area contributed by atoms with Gasteiger partial charge < -0.3 is 0 Å². The van der Waals surface area contributed by atoms with E-state index in [-0.39, 0.29) is 5.54 Å². The normalized spacial score (nSPS) is 13.5. The van der Waals surface area contributed by atoms with Gasteiger partial charge >= 0.3 is 0 Å². The maximum Gasteiger partial charge on any atom is 0.0543 e. The minimum absolute atomic E-state index is 0.0535. The molecule has 0 unspecified atom stereocenters. The first kappa shape index (κ1) is 12.2. The van der Waals surface area contributed by atoms with Crippen LogP contribution in [0.25, 0.3) is 0 Å². The molecule has 0 N–H and O–H groups in total. The summed E-state index contributed by atoms with van der Waals surface area (Å²) < 4.78 is 0. The summed E-state index contributed by atoms with van der Waals surface area (Å²) in [6, 6.07) is 0. The number of allylic oxidation sites excluding steroid dienone is 1. The molecule has 0 heterocycles. The van der Waals surface area contributed by atoms with E-state index in [2.05, 4.69) is 39.7 Å². The Kier molecular flexibility index (Phi) is 4.74. The van der Waals surface area contributed by atoms with Crippen LogP contribution in [0.15, 0.2) is 17.4 Å². The molecule has 13 heavy (non-hydrogen) atoms. The number of hydrogen-bond acceptors (Lipinski definition) is 2. The van der Waals surface area contributed by atoms with E-state index in [1.54, 1.807) is 0 Å². The van der Waals surface area contributed by atoms with Crippen molar-refractivity contribution in [1.82, 2.24) is 5.01 Å². The zero-order valence-corrected chi connectivity index (χ0v) is 9.70. The van der Waals surface area contributed by atoms with Gasteiger partial charge in [0.15, 0.2) is 0 Å². The summed E-state index contributed by atoms with van der Waals surface area (Å²) in [5.41, 5.74) is 0.0535. The first-order chi connectivity index (χ1) is 5.88. The zero-order chi connectivity index (χ0) is 10.5. The molecule has 0 aliphatic carbocycles. The monoisotopic (exact) mass is 182 g/mol. The summed E-state index contributed by atoms with van der Waals surface area (Å²) in [5, 5.41) is 6.38. The Morgan fingerprint density at radius 2 is 1.77 bits per heavy atom. The van der Waals surface area contributed by atoms with Crippen molar-refractivity contribution in [1.29, 1.82) is 0 Å². The van der Waals surface area contributed by atoms with Crippen molar-refractivity contribution in [3.63, 3.8) is 0 Å². The van der Waals surface area contributed by atoms with Gasteiger partial charge in [0, 0.05) is 12.4 Å². The van der Waals surface area contributed by atoms with Crippen molar-refractivity contribution in [3.8, 4) is 0 Å². The predicted molar refractivity (Wildman–Crippen MR) is 59.7 cm³/mol. The van der Waals surface area contributed by atoms with Crippen molar-refractivity contribution in [2.45, 2.75) is 47.1 Å². The average Bonchev–Trinajstić information content (AvgIpc) is 1.95. The van der Waals surface area contributed by atoms with Gasteiger partial charge in [-0.3, -0.25) is 5.01 Å². The first-order valence-corrected chi connectivity index (χ1v) is 4.84. The molecule has 0 saturated heterocycles. The standard InChI is InChI=1S/C11H22N2/c1-7-8-13(11(4,5)6)12-9-10(2)3/h7-10H,1-6H3/b8-7-,12-9+. The molecule has 0 aromatic carbocycles. The van der Waals surface area contributed by atoms with E-state index < -0.39 is 0 Å². The van der Waals surface area contributed by atoms with E-state index in [1.807, 2.05) is 30.4 Å². The fourth-order valence-electron chi connectivity index (χ4n) is 0.782. The molecular weight excluding hydrogens is 160 g/mol. The SMILES string of the molecule is C/C=C\N(/N=C/C(C)C)C(C)(C)C. The lowest BCUT2D eigenvalue weighted by atomic mass is 10.1. The maximum atomic E-state index is 4.41. The average molecular weight is 182 g/mol. The third-order valence-corrected chi connectivity index (χ3v) is 1.47. The molecule has 0 fully saturated rings. The summed E-state index contributed by atoms with van der Waals surface area (Å²) in [5.74, 6) is 0.495. The largest absolute Gasteiger partial charge is 0.268 e. The van der Waals surface area contributed by atoms with Crippen molar-refractivity contribution < 1.29 is 0 Å². The van der Waals surface area contributed by atoms with E-state index >= 15 is 0 Å². The number of hydrazone groups is 1. The molecular formula is C11H22N2. The molecule has 0 aliphatic rings. The van der Waals surface area contributed by atoms with E-state index in [9.17, 15) is 0 Å². The van der Waals surface area contributed by atoms with E-state index in [0.29, 0.717) is 5.92 Å². The summed E-state index contributed by atoms with van der Waals surface area (Å²) in [4.78, 5) is 0. The van der Waals surface area contributed by atoms with Gasteiger partial charge in [-0.25, -0.2) is 0 Å². The molecule has 0 spiro atoms. The highest BCUT2D eigenvalue weighted by Crippen LogP contribution is 2.13. The van der Waals surface area contributed by atoms with Gasteiger partial charge in [0.05, 0.1) is 5.54 Å². The highest BCUT2D eigenvalue weighted by atomic mass is 15.5. The van der Waals surface area contributed by atoms with Gasteiger partial charge in [0.1, 0.15) is 0 Å². The second-order valence-electron chi connectivity index (χ2n) is 4.51. The van der Waals surface area contributed by atoms with Crippen molar-refractivity contribution in [3.05, 3.63) is 12.3 Å². The molecule has 0 amide bonds. The van der Waals surface area contributed by atoms with Crippen LogP contribution in [0.2, 0.25) is 0 Å². The highest BCUT2D eigenvalue weighted by molar-refractivity contribution is 5.59. The van der Waals surface area contributed by atoms with Crippen LogP contribution >= 0.6 is 0 Å². The zero-order valence-electron chi connectivity index (χ0n) is 9.70. The van der Waals surface area contributed by atoms with Crippen molar-refractivity contribution in [2.24, 2.45) is 11.0 Å². The highest BCUT2D eigenvalue weighted by Gasteiger charge is 2.16. The minimum Gasteiger partial charge on any atom is -0.268 e. The third kappa shape index (κ3) is 5.45.